The van der Waals surface area contributed by atoms with Crippen molar-refractivity contribution in [1.82, 2.24) is 4.57 Å². The van der Waals surface area contributed by atoms with Gasteiger partial charge in [0.15, 0.2) is 11.0 Å². The van der Waals surface area contributed by atoms with Crippen LogP contribution in [-0.2, 0) is 33.9 Å². The first-order valence-corrected chi connectivity index (χ1v) is 14.7. The summed E-state index contributed by atoms with van der Waals surface area (Å²) >= 11 is 0. The molecular weight excluding hydrogens is 520 g/mol. The summed E-state index contributed by atoms with van der Waals surface area (Å²) in [4.78, 5) is 0. The number of fused-ring (bicyclic) bond motifs is 3. The molecule has 0 fully saturated rings. The molecule has 0 saturated heterocycles. The first kappa shape index (κ1) is 28.1. The van der Waals surface area contributed by atoms with Gasteiger partial charge in [0.2, 0.25) is 0 Å². The van der Waals surface area contributed by atoms with Gasteiger partial charge in [-0.05, 0) is 81.9 Å². The van der Waals surface area contributed by atoms with Gasteiger partial charge in [0.25, 0.3) is 5.82 Å². The average molecular weight is 560 g/mol. The lowest BCUT2D eigenvalue weighted by Gasteiger charge is -2.09. The summed E-state index contributed by atoms with van der Waals surface area (Å²) in [7, 11) is 1.69. The number of ether oxygens (including phenoxy) is 3. The molecular formula is C37H39N2O3+. The summed E-state index contributed by atoms with van der Waals surface area (Å²) in [6.07, 6.45) is 0. The Bertz CT molecular complexity index is 1710. The molecule has 0 spiro atoms. The van der Waals surface area contributed by atoms with Gasteiger partial charge in [-0.2, -0.15) is 0 Å². The van der Waals surface area contributed by atoms with Gasteiger partial charge in [-0.15, -0.1) is 0 Å². The summed E-state index contributed by atoms with van der Waals surface area (Å²) < 4.78 is 21.9. The highest BCUT2D eigenvalue weighted by molar-refractivity contribution is 5.84. The number of nitrogens with zero attached hydrogens (tertiary/aromatic N) is 2. The van der Waals surface area contributed by atoms with E-state index in [1.807, 2.05) is 0 Å². The summed E-state index contributed by atoms with van der Waals surface area (Å²) in [6.45, 7) is 8.63. The number of benzene rings is 5. The maximum Gasteiger partial charge on any atom is 0.284 e. The average Bonchev–Trinajstić information content (AvgIpc) is 3.27. The van der Waals surface area contributed by atoms with Crippen LogP contribution in [-0.4, -0.2) is 38.1 Å². The number of aromatic nitrogens is 2. The lowest BCUT2D eigenvalue weighted by atomic mass is 10.1. The van der Waals surface area contributed by atoms with Crippen LogP contribution in [0.4, 0.5) is 0 Å². The number of methoxy groups -OCH3 is 1. The van der Waals surface area contributed by atoms with E-state index in [1.165, 1.54) is 54.8 Å². The quantitative estimate of drug-likeness (QED) is 0.118. The molecule has 0 bridgehead atoms. The predicted molar refractivity (Wildman–Crippen MR) is 170 cm³/mol. The van der Waals surface area contributed by atoms with Crippen LogP contribution in [0.15, 0.2) is 97.1 Å². The van der Waals surface area contributed by atoms with Crippen LogP contribution >= 0.6 is 0 Å². The lowest BCUT2D eigenvalue weighted by molar-refractivity contribution is -0.673. The number of imidazole rings is 1. The maximum atomic E-state index is 6.28. The van der Waals surface area contributed by atoms with Crippen LogP contribution in [0.5, 0.6) is 0 Å². The Labute approximate surface area is 247 Å². The van der Waals surface area contributed by atoms with E-state index in [-0.39, 0.29) is 0 Å². The van der Waals surface area contributed by atoms with E-state index in [9.17, 15) is 0 Å². The maximum absolute atomic E-state index is 6.28. The lowest BCUT2D eigenvalue weighted by Crippen LogP contribution is -2.39. The van der Waals surface area contributed by atoms with Crippen molar-refractivity contribution in [1.29, 1.82) is 0 Å². The molecule has 214 valence electrons. The van der Waals surface area contributed by atoms with Gasteiger partial charge in [-0.3, -0.25) is 0 Å². The van der Waals surface area contributed by atoms with Crippen molar-refractivity contribution in [2.24, 2.45) is 0 Å². The van der Waals surface area contributed by atoms with Crippen molar-refractivity contribution >= 4 is 32.6 Å². The molecule has 0 aliphatic heterocycles. The zero-order valence-electron chi connectivity index (χ0n) is 24.8. The molecule has 0 radical (unpaired) electrons. The molecule has 0 amide bonds. The normalized spacial score (nSPS) is 11.7. The third kappa shape index (κ3) is 6.09. The number of hydrogen-bond donors (Lipinski definition) is 0. The van der Waals surface area contributed by atoms with Crippen molar-refractivity contribution in [2.75, 3.05) is 33.5 Å². The molecule has 1 heterocycles. The molecule has 0 N–H and O–H groups in total. The monoisotopic (exact) mass is 559 g/mol. The Hall–Kier alpha value is -4.03. The highest BCUT2D eigenvalue weighted by atomic mass is 16.5. The van der Waals surface area contributed by atoms with Crippen LogP contribution in [0.25, 0.3) is 32.6 Å². The molecule has 0 atom stereocenters. The van der Waals surface area contributed by atoms with Gasteiger partial charge in [-0.25, -0.2) is 9.13 Å². The molecule has 0 unspecified atom stereocenters. The van der Waals surface area contributed by atoms with Crippen LogP contribution in [0.1, 0.15) is 28.1 Å². The number of rotatable bonds is 12. The Kier molecular flexibility index (Phi) is 8.61. The summed E-state index contributed by atoms with van der Waals surface area (Å²) in [5.74, 6) is 1.15. The summed E-state index contributed by atoms with van der Waals surface area (Å²) in [5, 5.41) is 5.03. The first-order valence-electron chi connectivity index (χ1n) is 14.7. The highest BCUT2D eigenvalue weighted by Gasteiger charge is 2.26. The van der Waals surface area contributed by atoms with E-state index in [1.54, 1.807) is 7.11 Å². The van der Waals surface area contributed by atoms with E-state index in [0.29, 0.717) is 33.0 Å². The second-order valence-electron chi connectivity index (χ2n) is 11.0. The van der Waals surface area contributed by atoms with Crippen LogP contribution in [0, 0.1) is 13.8 Å². The molecule has 0 saturated carbocycles. The van der Waals surface area contributed by atoms with E-state index in [2.05, 4.69) is 120 Å². The molecule has 0 aliphatic rings. The molecule has 6 rings (SSSR count). The third-order valence-corrected chi connectivity index (χ3v) is 8.14. The fourth-order valence-electron chi connectivity index (χ4n) is 5.72. The van der Waals surface area contributed by atoms with Gasteiger partial charge in [0.05, 0.1) is 26.4 Å². The fourth-order valence-corrected chi connectivity index (χ4v) is 5.72. The summed E-state index contributed by atoms with van der Waals surface area (Å²) in [6, 6.07) is 35.3. The van der Waals surface area contributed by atoms with E-state index in [4.69, 9.17) is 14.2 Å². The first-order chi connectivity index (χ1) is 20.6. The smallest absolute Gasteiger partial charge is 0.284 e. The molecule has 6 aromatic rings. The molecule has 5 aromatic carbocycles. The van der Waals surface area contributed by atoms with Crippen molar-refractivity contribution in [2.45, 2.75) is 33.5 Å². The fraction of sp³-hybridized carbons (Fsp3) is 0.270. The summed E-state index contributed by atoms with van der Waals surface area (Å²) in [5.41, 5.74) is 7.56. The second kappa shape index (κ2) is 12.9. The topological polar surface area (TPSA) is 36.5 Å². The zero-order chi connectivity index (χ0) is 28.9. The van der Waals surface area contributed by atoms with Crippen LogP contribution < -0.4 is 4.57 Å². The van der Waals surface area contributed by atoms with E-state index in [0.717, 1.165) is 18.9 Å². The molecule has 5 heteroatoms. The Morgan fingerprint density at radius 3 is 1.93 bits per heavy atom. The van der Waals surface area contributed by atoms with Gasteiger partial charge in [-0.1, -0.05) is 72.8 Å². The van der Waals surface area contributed by atoms with E-state index >= 15 is 0 Å². The van der Waals surface area contributed by atoms with Crippen LogP contribution in [0.2, 0.25) is 0 Å². The minimum atomic E-state index is 0.488. The molecule has 5 nitrogen and oxygen atoms in total. The molecule has 0 aliphatic carbocycles. The van der Waals surface area contributed by atoms with Gasteiger partial charge in [0, 0.05) is 7.11 Å². The second-order valence-corrected chi connectivity index (χ2v) is 11.0. The van der Waals surface area contributed by atoms with Crippen molar-refractivity contribution in [3.63, 3.8) is 0 Å². The number of hydrogen-bond acceptors (Lipinski definition) is 3. The molecule has 42 heavy (non-hydrogen) atoms. The SMILES string of the molecule is COCCOCCOCc1n(Cc2ccc3ccccc3c2)c2cc(C)c(C)cc2[n+]1Cc1ccc2ccccc2c1. The highest BCUT2D eigenvalue weighted by Crippen LogP contribution is 2.24. The van der Waals surface area contributed by atoms with E-state index < -0.39 is 0 Å². The Balaban J connectivity index is 1.41. The predicted octanol–water partition coefficient (Wildman–Crippen LogP) is 7.13. The van der Waals surface area contributed by atoms with Gasteiger partial charge in [0.1, 0.15) is 19.7 Å². The minimum absolute atomic E-state index is 0.488. The van der Waals surface area contributed by atoms with Gasteiger partial charge >= 0.3 is 0 Å². The van der Waals surface area contributed by atoms with Gasteiger partial charge < -0.3 is 14.2 Å². The van der Waals surface area contributed by atoms with Crippen LogP contribution in [0.3, 0.4) is 0 Å². The minimum Gasteiger partial charge on any atom is -0.382 e. The largest absolute Gasteiger partial charge is 0.382 e. The standard InChI is InChI=1S/C37H39N2O3/c1-27-20-35-36(21-28(27)2)39(25-30-13-15-32-9-5-7-11-34(32)23-30)37(26-42-19-18-41-17-16-40-3)38(35)24-29-12-14-31-8-4-6-10-33(31)22-29/h4-15,20-23H,16-19,24-26H2,1-3H3/q+1. The Morgan fingerprint density at radius 2 is 1.21 bits per heavy atom. The molecule has 1 aromatic heterocycles. The number of aryl methyl sites for hydroxylation is 2. The zero-order valence-corrected chi connectivity index (χ0v) is 24.8. The third-order valence-electron chi connectivity index (χ3n) is 8.14. The Morgan fingerprint density at radius 1 is 0.619 bits per heavy atom. The van der Waals surface area contributed by atoms with Crippen molar-refractivity contribution in [3.05, 3.63) is 125 Å². The van der Waals surface area contributed by atoms with Crippen molar-refractivity contribution in [3.8, 4) is 0 Å². The van der Waals surface area contributed by atoms with Crippen molar-refractivity contribution < 1.29 is 18.8 Å².